The molecule has 0 radical (unpaired) electrons. The molecule has 0 aliphatic carbocycles. The molecule has 0 aromatic heterocycles. The fourth-order valence-electron chi connectivity index (χ4n) is 1.12. The van der Waals surface area contributed by atoms with E-state index in [1.165, 1.54) is 0 Å². The van der Waals surface area contributed by atoms with Gasteiger partial charge in [-0.2, -0.15) is 8.78 Å². The fourth-order valence-corrected chi connectivity index (χ4v) is 1.37. The molecule has 0 bridgehead atoms. The molecule has 1 aromatic carbocycles. The van der Waals surface area contributed by atoms with Gasteiger partial charge < -0.3 is 10.5 Å². The van der Waals surface area contributed by atoms with Crippen LogP contribution in [0.4, 0.5) is 8.78 Å². The second-order valence-corrected chi connectivity index (χ2v) is 3.05. The number of benzene rings is 1. The number of hydrogen-bond acceptors (Lipinski definition) is 2. The van der Waals surface area contributed by atoms with Gasteiger partial charge in [0.1, 0.15) is 6.10 Å². The summed E-state index contributed by atoms with van der Waals surface area (Å²) in [6, 6.07) is 6.62. The van der Waals surface area contributed by atoms with Gasteiger partial charge >= 0.3 is 6.61 Å². The average Bonchev–Trinajstić information content (AvgIpc) is 2.15. The summed E-state index contributed by atoms with van der Waals surface area (Å²) in [5, 5.41) is 0.378. The Morgan fingerprint density at radius 3 is 2.50 bits per heavy atom. The first-order chi connectivity index (χ1) is 6.65. The summed E-state index contributed by atoms with van der Waals surface area (Å²) in [7, 11) is 0. The van der Waals surface area contributed by atoms with Crippen molar-refractivity contribution in [3.05, 3.63) is 34.9 Å². The van der Waals surface area contributed by atoms with E-state index in [2.05, 4.69) is 4.74 Å². The van der Waals surface area contributed by atoms with Crippen molar-refractivity contribution < 1.29 is 13.5 Å². The van der Waals surface area contributed by atoms with Crippen LogP contribution in [0.5, 0.6) is 0 Å². The molecule has 0 aliphatic heterocycles. The highest BCUT2D eigenvalue weighted by Crippen LogP contribution is 2.26. The van der Waals surface area contributed by atoms with Crippen LogP contribution in [-0.2, 0) is 4.74 Å². The fraction of sp³-hybridized carbons (Fsp3) is 0.333. The van der Waals surface area contributed by atoms with Crippen LogP contribution in [0.2, 0.25) is 5.02 Å². The third kappa shape index (κ3) is 2.90. The van der Waals surface area contributed by atoms with Gasteiger partial charge in [0.2, 0.25) is 0 Å². The van der Waals surface area contributed by atoms with Crippen molar-refractivity contribution in [2.45, 2.75) is 12.7 Å². The Labute approximate surface area is 85.6 Å². The SMILES string of the molecule is NCC(OC(F)F)c1ccccc1Cl. The van der Waals surface area contributed by atoms with Crippen LogP contribution < -0.4 is 5.73 Å². The average molecular weight is 222 g/mol. The van der Waals surface area contributed by atoms with Crippen molar-refractivity contribution in [3.63, 3.8) is 0 Å². The van der Waals surface area contributed by atoms with Crippen molar-refractivity contribution in [1.29, 1.82) is 0 Å². The monoisotopic (exact) mass is 221 g/mol. The summed E-state index contributed by atoms with van der Waals surface area (Å²) in [6.45, 7) is -2.88. The van der Waals surface area contributed by atoms with Crippen LogP contribution in [0.3, 0.4) is 0 Å². The molecule has 2 nitrogen and oxygen atoms in total. The summed E-state index contributed by atoms with van der Waals surface area (Å²) < 4.78 is 28.3. The van der Waals surface area contributed by atoms with Crippen molar-refractivity contribution >= 4 is 11.6 Å². The minimum Gasteiger partial charge on any atom is -0.328 e. The molecule has 0 aliphatic rings. The molecule has 0 spiro atoms. The predicted molar refractivity (Wildman–Crippen MR) is 50.3 cm³/mol. The summed E-state index contributed by atoms with van der Waals surface area (Å²) in [5.74, 6) is 0. The maximum atomic E-state index is 12.0. The van der Waals surface area contributed by atoms with Gasteiger partial charge in [-0.05, 0) is 6.07 Å². The third-order valence-corrected chi connectivity index (χ3v) is 2.08. The van der Waals surface area contributed by atoms with Crippen molar-refractivity contribution in [3.8, 4) is 0 Å². The first kappa shape index (κ1) is 11.4. The lowest BCUT2D eigenvalue weighted by molar-refractivity contribution is -0.162. The molecule has 0 fully saturated rings. The van der Waals surface area contributed by atoms with Crippen molar-refractivity contribution in [1.82, 2.24) is 0 Å². The second kappa shape index (κ2) is 5.24. The molecule has 1 aromatic rings. The Kier molecular flexibility index (Phi) is 4.25. The maximum Gasteiger partial charge on any atom is 0.345 e. The van der Waals surface area contributed by atoms with Gasteiger partial charge in [-0.15, -0.1) is 0 Å². The van der Waals surface area contributed by atoms with Crippen molar-refractivity contribution in [2.75, 3.05) is 6.54 Å². The Morgan fingerprint density at radius 2 is 2.00 bits per heavy atom. The van der Waals surface area contributed by atoms with Gasteiger partial charge in [0.25, 0.3) is 0 Å². The molecule has 0 heterocycles. The number of ether oxygens (including phenoxy) is 1. The first-order valence-electron chi connectivity index (χ1n) is 4.03. The number of nitrogens with two attached hydrogens (primary N) is 1. The van der Waals surface area contributed by atoms with E-state index in [1.54, 1.807) is 24.3 Å². The van der Waals surface area contributed by atoms with E-state index in [1.807, 2.05) is 0 Å². The Hall–Kier alpha value is -0.710. The first-order valence-corrected chi connectivity index (χ1v) is 4.41. The zero-order chi connectivity index (χ0) is 10.6. The van der Waals surface area contributed by atoms with Crippen LogP contribution in [0.1, 0.15) is 11.7 Å². The Balaban J connectivity index is 2.83. The van der Waals surface area contributed by atoms with E-state index in [0.717, 1.165) is 0 Å². The molecule has 0 amide bonds. The van der Waals surface area contributed by atoms with Gasteiger partial charge in [0, 0.05) is 17.1 Å². The van der Waals surface area contributed by atoms with E-state index in [0.29, 0.717) is 10.6 Å². The van der Waals surface area contributed by atoms with E-state index in [4.69, 9.17) is 17.3 Å². The molecule has 1 atom stereocenters. The van der Waals surface area contributed by atoms with Crippen LogP contribution >= 0.6 is 11.6 Å². The van der Waals surface area contributed by atoms with E-state index >= 15 is 0 Å². The smallest absolute Gasteiger partial charge is 0.328 e. The summed E-state index contributed by atoms with van der Waals surface area (Å²) >= 11 is 5.80. The van der Waals surface area contributed by atoms with Gasteiger partial charge in [0.05, 0.1) is 0 Å². The quantitative estimate of drug-likeness (QED) is 0.848. The molecule has 14 heavy (non-hydrogen) atoms. The Bertz CT molecular complexity index is 296. The van der Waals surface area contributed by atoms with Gasteiger partial charge in [-0.3, -0.25) is 0 Å². The van der Waals surface area contributed by atoms with Gasteiger partial charge in [-0.1, -0.05) is 29.8 Å². The largest absolute Gasteiger partial charge is 0.345 e. The molecule has 1 rings (SSSR count). The minimum absolute atomic E-state index is 0.0337. The van der Waals surface area contributed by atoms with E-state index in [9.17, 15) is 8.78 Å². The van der Waals surface area contributed by atoms with Crippen LogP contribution in [-0.4, -0.2) is 13.2 Å². The highest BCUT2D eigenvalue weighted by Gasteiger charge is 2.17. The molecular formula is C9H10ClF2NO. The molecule has 78 valence electrons. The molecule has 1 unspecified atom stereocenters. The van der Waals surface area contributed by atoms with E-state index in [-0.39, 0.29) is 6.54 Å². The highest BCUT2D eigenvalue weighted by molar-refractivity contribution is 6.31. The number of alkyl halides is 2. The normalized spacial score (nSPS) is 13.2. The topological polar surface area (TPSA) is 35.2 Å². The third-order valence-electron chi connectivity index (χ3n) is 1.73. The lowest BCUT2D eigenvalue weighted by atomic mass is 10.1. The lowest BCUT2D eigenvalue weighted by Gasteiger charge is -2.16. The highest BCUT2D eigenvalue weighted by atomic mass is 35.5. The molecule has 0 saturated heterocycles. The zero-order valence-corrected chi connectivity index (χ0v) is 8.05. The van der Waals surface area contributed by atoms with Gasteiger partial charge in [-0.25, -0.2) is 0 Å². The Morgan fingerprint density at radius 1 is 1.36 bits per heavy atom. The predicted octanol–water partition coefficient (Wildman–Crippen LogP) is 2.58. The maximum absolute atomic E-state index is 12.0. The standard InChI is InChI=1S/C9H10ClF2NO/c10-7-4-2-1-3-6(7)8(5-13)14-9(11)12/h1-4,8-9H,5,13H2. The van der Waals surface area contributed by atoms with E-state index < -0.39 is 12.7 Å². The summed E-state index contributed by atoms with van der Waals surface area (Å²) in [4.78, 5) is 0. The minimum atomic E-state index is -2.85. The molecular weight excluding hydrogens is 212 g/mol. The molecule has 2 N–H and O–H groups in total. The van der Waals surface area contributed by atoms with Gasteiger partial charge in [0.15, 0.2) is 0 Å². The molecule has 0 saturated carbocycles. The van der Waals surface area contributed by atoms with Crippen LogP contribution in [0, 0.1) is 0 Å². The summed E-state index contributed by atoms with van der Waals surface area (Å²) in [5.41, 5.74) is 5.79. The number of hydrogen-bond donors (Lipinski definition) is 1. The van der Waals surface area contributed by atoms with Crippen molar-refractivity contribution in [2.24, 2.45) is 5.73 Å². The zero-order valence-electron chi connectivity index (χ0n) is 7.29. The molecule has 5 heteroatoms. The number of halogens is 3. The van der Waals surface area contributed by atoms with Crippen LogP contribution in [0.25, 0.3) is 0 Å². The number of rotatable bonds is 4. The lowest BCUT2D eigenvalue weighted by Crippen LogP contribution is -2.18. The summed E-state index contributed by atoms with van der Waals surface area (Å²) in [6.07, 6.45) is -0.858. The van der Waals surface area contributed by atoms with Crippen LogP contribution in [0.15, 0.2) is 24.3 Å². The second-order valence-electron chi connectivity index (χ2n) is 2.64.